The molecule has 0 aliphatic rings. The van der Waals surface area contributed by atoms with Crippen molar-refractivity contribution in [2.45, 2.75) is 20.0 Å². The number of ether oxygens (including phenoxy) is 1. The van der Waals surface area contributed by atoms with Crippen molar-refractivity contribution in [1.29, 1.82) is 0 Å². The first-order valence-corrected chi connectivity index (χ1v) is 10.5. The lowest BCUT2D eigenvalue weighted by Gasteiger charge is -2.23. The molecule has 156 valence electrons. The van der Waals surface area contributed by atoms with Crippen LogP contribution in [0.3, 0.4) is 0 Å². The highest BCUT2D eigenvalue weighted by molar-refractivity contribution is 6.30. The van der Waals surface area contributed by atoms with Gasteiger partial charge in [-0.3, -0.25) is 9.78 Å². The van der Waals surface area contributed by atoms with Gasteiger partial charge in [0.25, 0.3) is 5.91 Å². The fraction of sp³-hybridized carbons (Fsp3) is 0.160. The number of pyridine rings is 2. The fourth-order valence-corrected chi connectivity index (χ4v) is 3.63. The number of hydrogen-bond acceptors (Lipinski definition) is 4. The molecule has 0 atom stereocenters. The monoisotopic (exact) mass is 431 g/mol. The van der Waals surface area contributed by atoms with Crippen molar-refractivity contribution in [3.63, 3.8) is 0 Å². The van der Waals surface area contributed by atoms with E-state index in [9.17, 15) is 4.79 Å². The average molecular weight is 432 g/mol. The predicted octanol–water partition coefficient (Wildman–Crippen LogP) is 5.52. The Labute approximate surface area is 186 Å². The largest absolute Gasteiger partial charge is 0.494 e. The lowest BCUT2D eigenvalue weighted by Crippen LogP contribution is -2.30. The third-order valence-corrected chi connectivity index (χ3v) is 5.22. The van der Waals surface area contributed by atoms with E-state index in [0.29, 0.717) is 30.4 Å². The van der Waals surface area contributed by atoms with Crippen molar-refractivity contribution in [3.05, 3.63) is 101 Å². The van der Waals surface area contributed by atoms with Gasteiger partial charge in [-0.25, -0.2) is 4.98 Å². The van der Waals surface area contributed by atoms with Crippen LogP contribution in [0.4, 0.5) is 0 Å². The molecule has 2 aromatic heterocycles. The molecule has 2 aromatic carbocycles. The first-order chi connectivity index (χ1) is 15.1. The zero-order valence-electron chi connectivity index (χ0n) is 17.2. The van der Waals surface area contributed by atoms with E-state index >= 15 is 0 Å². The molecular formula is C25H22ClN3O2. The summed E-state index contributed by atoms with van der Waals surface area (Å²) in [6.45, 7) is 3.30. The Morgan fingerprint density at radius 3 is 2.61 bits per heavy atom. The van der Waals surface area contributed by atoms with Crippen LogP contribution in [0.1, 0.15) is 28.4 Å². The first-order valence-electron chi connectivity index (χ1n) is 10.1. The quantitative estimate of drug-likeness (QED) is 0.361. The normalized spacial score (nSPS) is 10.8. The SMILES string of the molecule is CCOc1ccc2nc(Cl)c(CN(Cc3ccccc3)C(=O)c3cccnc3)cc2c1. The molecule has 31 heavy (non-hydrogen) atoms. The van der Waals surface area contributed by atoms with Gasteiger partial charge in [-0.1, -0.05) is 41.9 Å². The Morgan fingerprint density at radius 1 is 1.03 bits per heavy atom. The van der Waals surface area contributed by atoms with Gasteiger partial charge in [-0.15, -0.1) is 0 Å². The van der Waals surface area contributed by atoms with Crippen LogP contribution < -0.4 is 4.74 Å². The Bertz CT molecular complexity index is 1180. The summed E-state index contributed by atoms with van der Waals surface area (Å²) in [5.74, 6) is 0.661. The molecule has 0 bridgehead atoms. The van der Waals surface area contributed by atoms with Crippen LogP contribution in [0, 0.1) is 0 Å². The van der Waals surface area contributed by atoms with E-state index in [4.69, 9.17) is 16.3 Å². The van der Waals surface area contributed by atoms with Crippen molar-refractivity contribution >= 4 is 28.4 Å². The van der Waals surface area contributed by atoms with Crippen molar-refractivity contribution in [2.24, 2.45) is 0 Å². The summed E-state index contributed by atoms with van der Waals surface area (Å²) in [4.78, 5) is 23.6. The molecule has 2 heterocycles. The van der Waals surface area contributed by atoms with Crippen LogP contribution in [0.25, 0.3) is 10.9 Å². The lowest BCUT2D eigenvalue weighted by atomic mass is 10.1. The first kappa shape index (κ1) is 20.8. The number of rotatable bonds is 7. The molecule has 4 rings (SSSR count). The third-order valence-electron chi connectivity index (χ3n) is 4.90. The summed E-state index contributed by atoms with van der Waals surface area (Å²) in [7, 11) is 0. The van der Waals surface area contributed by atoms with Gasteiger partial charge in [0.05, 0.1) is 17.7 Å². The second kappa shape index (κ2) is 9.58. The number of amides is 1. The summed E-state index contributed by atoms with van der Waals surface area (Å²) in [6, 6.07) is 21.1. The van der Waals surface area contributed by atoms with Crippen LogP contribution in [0.2, 0.25) is 5.15 Å². The standard InChI is InChI=1S/C25H22ClN3O2/c1-2-31-22-10-11-23-20(14-22)13-21(24(26)28-23)17-29(16-18-7-4-3-5-8-18)25(30)19-9-6-12-27-15-19/h3-15H,2,16-17H2,1H3. The molecule has 0 spiro atoms. The number of carbonyl (C=O) groups excluding carboxylic acids is 1. The lowest BCUT2D eigenvalue weighted by molar-refractivity contribution is 0.0729. The van der Waals surface area contributed by atoms with E-state index in [0.717, 1.165) is 27.8 Å². The zero-order valence-corrected chi connectivity index (χ0v) is 17.9. The molecule has 0 saturated heterocycles. The Hall–Kier alpha value is -3.44. The molecule has 0 N–H and O–H groups in total. The summed E-state index contributed by atoms with van der Waals surface area (Å²) in [6.07, 6.45) is 3.23. The van der Waals surface area contributed by atoms with Gasteiger partial charge in [0.1, 0.15) is 10.9 Å². The molecule has 0 aliphatic carbocycles. The van der Waals surface area contributed by atoms with Crippen molar-refractivity contribution in [2.75, 3.05) is 6.61 Å². The number of nitrogens with zero attached hydrogens (tertiary/aromatic N) is 3. The molecule has 0 unspecified atom stereocenters. The van der Waals surface area contributed by atoms with Crippen molar-refractivity contribution < 1.29 is 9.53 Å². The van der Waals surface area contributed by atoms with E-state index in [-0.39, 0.29) is 5.91 Å². The molecule has 0 fully saturated rings. The minimum atomic E-state index is -0.115. The summed E-state index contributed by atoms with van der Waals surface area (Å²) in [5.41, 5.74) is 3.12. The number of carbonyl (C=O) groups is 1. The van der Waals surface area contributed by atoms with Gasteiger partial charge >= 0.3 is 0 Å². The minimum absolute atomic E-state index is 0.115. The van der Waals surface area contributed by atoms with Gasteiger partial charge in [0, 0.05) is 36.4 Å². The number of aromatic nitrogens is 2. The Kier molecular flexibility index (Phi) is 6.43. The molecular weight excluding hydrogens is 410 g/mol. The van der Waals surface area contributed by atoms with Gasteiger partial charge < -0.3 is 9.64 Å². The highest BCUT2D eigenvalue weighted by Crippen LogP contribution is 2.26. The maximum atomic E-state index is 13.3. The number of benzene rings is 2. The van der Waals surface area contributed by atoms with Crippen LogP contribution in [0.15, 0.2) is 79.1 Å². The van der Waals surface area contributed by atoms with E-state index in [2.05, 4.69) is 9.97 Å². The molecule has 6 heteroatoms. The molecule has 0 radical (unpaired) electrons. The molecule has 5 nitrogen and oxygen atoms in total. The third kappa shape index (κ3) is 5.01. The zero-order chi connectivity index (χ0) is 21.6. The predicted molar refractivity (Wildman–Crippen MR) is 122 cm³/mol. The van der Waals surface area contributed by atoms with Gasteiger partial charge in [0.15, 0.2) is 0 Å². The average Bonchev–Trinajstić information content (AvgIpc) is 2.80. The maximum absolute atomic E-state index is 13.3. The van der Waals surface area contributed by atoms with E-state index in [1.165, 1.54) is 0 Å². The second-order valence-electron chi connectivity index (χ2n) is 7.11. The number of hydrogen-bond donors (Lipinski definition) is 0. The van der Waals surface area contributed by atoms with Crippen molar-refractivity contribution in [3.8, 4) is 5.75 Å². The van der Waals surface area contributed by atoms with Crippen molar-refractivity contribution in [1.82, 2.24) is 14.9 Å². The van der Waals surface area contributed by atoms with Crippen LogP contribution >= 0.6 is 11.6 Å². The summed E-state index contributed by atoms with van der Waals surface area (Å²) >= 11 is 6.51. The van der Waals surface area contributed by atoms with Gasteiger partial charge in [-0.2, -0.15) is 0 Å². The topological polar surface area (TPSA) is 55.3 Å². The fourth-order valence-electron chi connectivity index (χ4n) is 3.42. The van der Waals surface area contributed by atoms with E-state index in [1.807, 2.05) is 61.5 Å². The number of fused-ring (bicyclic) bond motifs is 1. The molecule has 0 aliphatic heterocycles. The van der Waals surface area contributed by atoms with Gasteiger partial charge in [0.2, 0.25) is 0 Å². The van der Waals surface area contributed by atoms with Crippen LogP contribution in [0.5, 0.6) is 5.75 Å². The van der Waals surface area contributed by atoms with Crippen LogP contribution in [-0.2, 0) is 13.1 Å². The Balaban J connectivity index is 1.69. The highest BCUT2D eigenvalue weighted by atomic mass is 35.5. The molecule has 1 amide bonds. The van der Waals surface area contributed by atoms with Gasteiger partial charge in [-0.05, 0) is 48.9 Å². The minimum Gasteiger partial charge on any atom is -0.494 e. The molecule has 0 saturated carbocycles. The van der Waals surface area contributed by atoms with E-state index in [1.54, 1.807) is 29.4 Å². The van der Waals surface area contributed by atoms with Crippen LogP contribution in [-0.4, -0.2) is 27.4 Å². The summed E-state index contributed by atoms with van der Waals surface area (Å²) in [5, 5.41) is 1.30. The molecule has 4 aromatic rings. The summed E-state index contributed by atoms with van der Waals surface area (Å²) < 4.78 is 5.61. The highest BCUT2D eigenvalue weighted by Gasteiger charge is 2.19. The Morgan fingerprint density at radius 2 is 1.87 bits per heavy atom. The maximum Gasteiger partial charge on any atom is 0.256 e. The number of halogens is 1. The second-order valence-corrected chi connectivity index (χ2v) is 7.47. The smallest absolute Gasteiger partial charge is 0.256 e. The van der Waals surface area contributed by atoms with E-state index < -0.39 is 0 Å².